The molecule has 0 N–H and O–H groups in total. The Labute approximate surface area is 99.4 Å². The second-order valence-corrected chi connectivity index (χ2v) is 3.68. The van der Waals surface area contributed by atoms with E-state index in [4.69, 9.17) is 16.3 Å². The third kappa shape index (κ3) is 3.04. The predicted molar refractivity (Wildman–Crippen MR) is 65.4 cm³/mol. The quantitative estimate of drug-likeness (QED) is 0.829. The second kappa shape index (κ2) is 5.28. The lowest BCUT2D eigenvalue weighted by molar-refractivity contribution is 0.266. The fraction of sp³-hybridized carbons (Fsp3) is 0.300. The lowest BCUT2D eigenvalue weighted by Crippen LogP contribution is -2.19. The fourth-order valence-corrected chi connectivity index (χ4v) is 1.43. The van der Waals surface area contributed by atoms with Crippen LogP contribution >= 0.6 is 24.2 Å². The average Bonchev–Trinajstić information content (AvgIpc) is 2.20. The SMILES string of the molecule is CCOc1ccc(N(C)C(=O)S)cc1Cl. The molecule has 1 aromatic carbocycles. The van der Waals surface area contributed by atoms with Gasteiger partial charge < -0.3 is 9.64 Å². The summed E-state index contributed by atoms with van der Waals surface area (Å²) in [6, 6.07) is 5.15. The summed E-state index contributed by atoms with van der Waals surface area (Å²) >= 11 is 9.69. The zero-order valence-electron chi connectivity index (χ0n) is 8.53. The van der Waals surface area contributed by atoms with E-state index in [2.05, 4.69) is 12.6 Å². The van der Waals surface area contributed by atoms with Gasteiger partial charge in [0.25, 0.3) is 5.24 Å². The first-order valence-corrected chi connectivity index (χ1v) is 5.27. The Morgan fingerprint density at radius 2 is 2.27 bits per heavy atom. The maximum Gasteiger partial charge on any atom is 0.282 e. The van der Waals surface area contributed by atoms with Crippen LogP contribution in [0.15, 0.2) is 18.2 Å². The zero-order valence-corrected chi connectivity index (χ0v) is 10.2. The molecule has 3 nitrogen and oxygen atoms in total. The molecule has 82 valence electrons. The van der Waals surface area contributed by atoms with Gasteiger partial charge in [-0.15, -0.1) is 0 Å². The van der Waals surface area contributed by atoms with Crippen LogP contribution in [0.3, 0.4) is 0 Å². The van der Waals surface area contributed by atoms with Crippen molar-refractivity contribution in [2.45, 2.75) is 6.92 Å². The minimum absolute atomic E-state index is 0.338. The number of hydrogen-bond donors (Lipinski definition) is 1. The highest BCUT2D eigenvalue weighted by Crippen LogP contribution is 2.29. The summed E-state index contributed by atoms with van der Waals surface area (Å²) in [5.41, 5.74) is 0.684. The van der Waals surface area contributed by atoms with Gasteiger partial charge in [-0.25, -0.2) is 0 Å². The number of ether oxygens (including phenoxy) is 1. The predicted octanol–water partition coefficient (Wildman–Crippen LogP) is 3.22. The first kappa shape index (κ1) is 12.2. The Morgan fingerprint density at radius 1 is 1.60 bits per heavy atom. The van der Waals surface area contributed by atoms with E-state index in [1.54, 1.807) is 25.2 Å². The molecule has 0 spiro atoms. The standard InChI is InChI=1S/C10H12ClNO2S/c1-3-14-9-5-4-7(6-8(9)11)12(2)10(13)15/h4-6H,3H2,1-2H3,(H,13,15). The van der Waals surface area contributed by atoms with E-state index in [1.807, 2.05) is 6.92 Å². The molecular weight excluding hydrogens is 234 g/mol. The van der Waals surface area contributed by atoms with Gasteiger partial charge in [-0.1, -0.05) is 24.2 Å². The number of halogens is 1. The van der Waals surface area contributed by atoms with Crippen LogP contribution in [0, 0.1) is 0 Å². The van der Waals surface area contributed by atoms with Crippen LogP contribution in [-0.2, 0) is 0 Å². The molecule has 0 radical (unpaired) electrons. The van der Waals surface area contributed by atoms with Crippen molar-refractivity contribution in [1.29, 1.82) is 0 Å². The first-order chi connectivity index (χ1) is 7.06. The maximum atomic E-state index is 11.0. The van der Waals surface area contributed by atoms with Crippen LogP contribution in [0.2, 0.25) is 5.02 Å². The molecule has 5 heteroatoms. The van der Waals surface area contributed by atoms with E-state index in [-0.39, 0.29) is 5.24 Å². The summed E-state index contributed by atoms with van der Waals surface area (Å²) in [6.07, 6.45) is 0. The Kier molecular flexibility index (Phi) is 4.29. The molecule has 1 rings (SSSR count). The average molecular weight is 246 g/mol. The lowest BCUT2D eigenvalue weighted by atomic mass is 10.3. The Morgan fingerprint density at radius 3 is 2.73 bits per heavy atom. The molecule has 1 amide bonds. The zero-order chi connectivity index (χ0) is 11.4. The van der Waals surface area contributed by atoms with Crippen molar-refractivity contribution in [3.05, 3.63) is 23.2 Å². The minimum Gasteiger partial charge on any atom is -0.492 e. The summed E-state index contributed by atoms with van der Waals surface area (Å²) in [5, 5.41) is 0.144. The third-order valence-electron chi connectivity index (χ3n) is 1.89. The van der Waals surface area contributed by atoms with Gasteiger partial charge in [-0.2, -0.15) is 0 Å². The number of amides is 1. The van der Waals surface area contributed by atoms with Gasteiger partial charge >= 0.3 is 0 Å². The highest BCUT2D eigenvalue weighted by molar-refractivity contribution is 7.96. The van der Waals surface area contributed by atoms with Crippen molar-refractivity contribution < 1.29 is 9.53 Å². The van der Waals surface area contributed by atoms with Gasteiger partial charge in [0.05, 0.1) is 11.6 Å². The Hall–Kier alpha value is -0.870. The lowest BCUT2D eigenvalue weighted by Gasteiger charge is -2.15. The maximum absolute atomic E-state index is 11.0. The molecule has 0 fully saturated rings. The van der Waals surface area contributed by atoms with Crippen LogP contribution < -0.4 is 9.64 Å². The van der Waals surface area contributed by atoms with Crippen LogP contribution in [-0.4, -0.2) is 18.9 Å². The molecule has 0 aliphatic carbocycles. The summed E-state index contributed by atoms with van der Waals surface area (Å²) < 4.78 is 5.28. The van der Waals surface area contributed by atoms with Gasteiger partial charge in [0.2, 0.25) is 0 Å². The normalized spacial score (nSPS) is 9.87. The topological polar surface area (TPSA) is 29.5 Å². The van der Waals surface area contributed by atoms with Crippen LogP contribution in [0.4, 0.5) is 10.5 Å². The molecular formula is C10H12ClNO2S. The van der Waals surface area contributed by atoms with E-state index >= 15 is 0 Å². The molecule has 0 heterocycles. The second-order valence-electron chi connectivity index (χ2n) is 2.89. The molecule has 0 atom stereocenters. The van der Waals surface area contributed by atoms with Gasteiger partial charge in [-0.3, -0.25) is 4.79 Å². The number of hydrogen-bond acceptors (Lipinski definition) is 2. The molecule has 1 aromatic rings. The van der Waals surface area contributed by atoms with Crippen molar-refractivity contribution in [3.8, 4) is 5.75 Å². The van der Waals surface area contributed by atoms with E-state index in [1.165, 1.54) is 4.90 Å². The van der Waals surface area contributed by atoms with Crippen molar-refractivity contribution >= 4 is 35.2 Å². The van der Waals surface area contributed by atoms with Crippen LogP contribution in [0.1, 0.15) is 6.92 Å². The largest absolute Gasteiger partial charge is 0.492 e. The molecule has 15 heavy (non-hydrogen) atoms. The van der Waals surface area contributed by atoms with Gasteiger partial charge in [0.1, 0.15) is 5.75 Å². The van der Waals surface area contributed by atoms with Gasteiger partial charge in [0.15, 0.2) is 0 Å². The molecule has 0 saturated carbocycles. The van der Waals surface area contributed by atoms with Crippen molar-refractivity contribution in [3.63, 3.8) is 0 Å². The molecule has 0 unspecified atom stereocenters. The molecule has 0 aromatic heterocycles. The number of nitrogens with zero attached hydrogens (tertiary/aromatic N) is 1. The number of rotatable bonds is 3. The third-order valence-corrected chi connectivity index (χ3v) is 2.48. The number of benzene rings is 1. The highest BCUT2D eigenvalue weighted by Gasteiger charge is 2.09. The Bertz CT molecular complexity index is 370. The minimum atomic E-state index is -0.338. The fourth-order valence-electron chi connectivity index (χ4n) is 1.08. The number of anilines is 1. The van der Waals surface area contributed by atoms with E-state index in [0.29, 0.717) is 23.1 Å². The van der Waals surface area contributed by atoms with E-state index in [0.717, 1.165) is 0 Å². The van der Waals surface area contributed by atoms with Crippen molar-refractivity contribution in [2.75, 3.05) is 18.6 Å². The highest BCUT2D eigenvalue weighted by atomic mass is 35.5. The van der Waals surface area contributed by atoms with Crippen LogP contribution in [0.25, 0.3) is 0 Å². The number of carbonyl (C=O) groups is 1. The molecule has 0 aliphatic rings. The van der Waals surface area contributed by atoms with Crippen molar-refractivity contribution in [2.24, 2.45) is 0 Å². The molecule has 0 saturated heterocycles. The van der Waals surface area contributed by atoms with E-state index < -0.39 is 0 Å². The Balaban J connectivity index is 2.95. The number of thiol groups is 1. The smallest absolute Gasteiger partial charge is 0.282 e. The summed E-state index contributed by atoms with van der Waals surface area (Å²) in [5.74, 6) is 0.614. The van der Waals surface area contributed by atoms with Gasteiger partial charge in [0, 0.05) is 12.7 Å². The summed E-state index contributed by atoms with van der Waals surface area (Å²) in [7, 11) is 1.63. The monoisotopic (exact) mass is 245 g/mol. The van der Waals surface area contributed by atoms with E-state index in [9.17, 15) is 4.79 Å². The molecule has 0 bridgehead atoms. The number of carbonyl (C=O) groups excluding carboxylic acids is 1. The summed E-state index contributed by atoms with van der Waals surface area (Å²) in [6.45, 7) is 2.44. The van der Waals surface area contributed by atoms with Crippen LogP contribution in [0.5, 0.6) is 5.75 Å². The van der Waals surface area contributed by atoms with Gasteiger partial charge in [-0.05, 0) is 25.1 Å². The summed E-state index contributed by atoms with van der Waals surface area (Å²) in [4.78, 5) is 12.4. The molecule has 0 aliphatic heterocycles. The first-order valence-electron chi connectivity index (χ1n) is 4.45. The van der Waals surface area contributed by atoms with Crippen molar-refractivity contribution in [1.82, 2.24) is 0 Å².